The highest BCUT2D eigenvalue weighted by Crippen LogP contribution is 2.19. The minimum Gasteiger partial charge on any atom is -0.367 e. The summed E-state index contributed by atoms with van der Waals surface area (Å²) >= 11 is 0. The van der Waals surface area contributed by atoms with Gasteiger partial charge in [0, 0.05) is 20.6 Å². The summed E-state index contributed by atoms with van der Waals surface area (Å²) in [7, 11) is 3.39. The van der Waals surface area contributed by atoms with Crippen LogP contribution in [-0.4, -0.2) is 55.8 Å². The number of anilines is 2. The SMILES string of the molecule is CN(C)c1nc(N2CCO[C@H](C(N)=O)C2)ncc1F. The number of nitrogens with two attached hydrogens (primary N) is 1. The smallest absolute Gasteiger partial charge is 0.248 e. The van der Waals surface area contributed by atoms with Crippen LogP contribution in [0, 0.1) is 5.82 Å². The van der Waals surface area contributed by atoms with E-state index in [9.17, 15) is 9.18 Å². The van der Waals surface area contributed by atoms with Gasteiger partial charge in [-0.05, 0) is 0 Å². The Hall–Kier alpha value is -1.96. The molecule has 2 rings (SSSR count). The molecule has 2 heterocycles. The summed E-state index contributed by atoms with van der Waals surface area (Å²) < 4.78 is 18.7. The lowest BCUT2D eigenvalue weighted by Crippen LogP contribution is -2.49. The average molecular weight is 269 g/mol. The number of carbonyl (C=O) groups excluding carboxylic acids is 1. The molecule has 0 aromatic carbocycles. The fourth-order valence-corrected chi connectivity index (χ4v) is 1.82. The largest absolute Gasteiger partial charge is 0.367 e. The molecule has 7 nitrogen and oxygen atoms in total. The van der Waals surface area contributed by atoms with Gasteiger partial charge in [0.1, 0.15) is 0 Å². The van der Waals surface area contributed by atoms with Crippen molar-refractivity contribution in [3.05, 3.63) is 12.0 Å². The Morgan fingerprint density at radius 3 is 3.00 bits per heavy atom. The predicted molar refractivity (Wildman–Crippen MR) is 67.5 cm³/mol. The second-order valence-electron chi connectivity index (χ2n) is 4.44. The summed E-state index contributed by atoms with van der Waals surface area (Å²) in [6.45, 7) is 1.15. The summed E-state index contributed by atoms with van der Waals surface area (Å²) in [4.78, 5) is 22.5. The van der Waals surface area contributed by atoms with Gasteiger partial charge in [-0.2, -0.15) is 4.98 Å². The molecule has 1 amide bonds. The molecule has 1 aliphatic heterocycles. The highest BCUT2D eigenvalue weighted by atomic mass is 19.1. The number of rotatable bonds is 3. The lowest BCUT2D eigenvalue weighted by molar-refractivity contribution is -0.130. The van der Waals surface area contributed by atoms with E-state index in [4.69, 9.17) is 10.5 Å². The van der Waals surface area contributed by atoms with Crippen molar-refractivity contribution in [1.29, 1.82) is 0 Å². The van der Waals surface area contributed by atoms with Crippen molar-refractivity contribution in [2.45, 2.75) is 6.10 Å². The van der Waals surface area contributed by atoms with Gasteiger partial charge < -0.3 is 20.3 Å². The zero-order chi connectivity index (χ0) is 14.0. The first-order valence-corrected chi connectivity index (χ1v) is 5.84. The van der Waals surface area contributed by atoms with Crippen molar-refractivity contribution >= 4 is 17.7 Å². The Bertz CT molecular complexity index is 482. The van der Waals surface area contributed by atoms with Gasteiger partial charge in [-0.15, -0.1) is 0 Å². The second-order valence-corrected chi connectivity index (χ2v) is 4.44. The number of aromatic nitrogens is 2. The van der Waals surface area contributed by atoms with E-state index in [1.807, 2.05) is 0 Å². The number of morpholine rings is 1. The Morgan fingerprint density at radius 1 is 1.63 bits per heavy atom. The molecule has 1 atom stereocenters. The van der Waals surface area contributed by atoms with Crippen molar-refractivity contribution in [3.63, 3.8) is 0 Å². The zero-order valence-corrected chi connectivity index (χ0v) is 10.8. The third kappa shape index (κ3) is 2.90. The highest BCUT2D eigenvalue weighted by Gasteiger charge is 2.26. The molecule has 1 aromatic heterocycles. The standard InChI is InChI=1S/C11H16FN5O2/c1-16(2)10-7(12)5-14-11(15-10)17-3-4-19-8(6-17)9(13)18/h5,8H,3-4,6H2,1-2H3,(H2,13,18)/t8-/m0/s1. The molecule has 0 aliphatic carbocycles. The molecule has 1 saturated heterocycles. The number of hydrogen-bond donors (Lipinski definition) is 1. The quantitative estimate of drug-likeness (QED) is 0.786. The number of carbonyl (C=O) groups is 1. The Kier molecular flexibility index (Phi) is 3.79. The Labute approximate surface area is 110 Å². The van der Waals surface area contributed by atoms with Crippen LogP contribution < -0.4 is 15.5 Å². The average Bonchev–Trinajstić information content (AvgIpc) is 2.39. The van der Waals surface area contributed by atoms with Gasteiger partial charge in [0.15, 0.2) is 17.7 Å². The van der Waals surface area contributed by atoms with Gasteiger partial charge in [0.05, 0.1) is 19.3 Å². The fourth-order valence-electron chi connectivity index (χ4n) is 1.82. The second kappa shape index (κ2) is 5.35. The van der Waals surface area contributed by atoms with Crippen molar-refractivity contribution in [2.75, 3.05) is 43.6 Å². The molecule has 0 bridgehead atoms. The maximum Gasteiger partial charge on any atom is 0.248 e. The number of hydrogen-bond acceptors (Lipinski definition) is 6. The molecule has 1 fully saturated rings. The number of nitrogens with zero attached hydrogens (tertiary/aromatic N) is 4. The Balaban J connectivity index is 2.22. The van der Waals surface area contributed by atoms with E-state index in [0.29, 0.717) is 19.1 Å². The highest BCUT2D eigenvalue weighted by molar-refractivity contribution is 5.79. The van der Waals surface area contributed by atoms with Gasteiger partial charge in [-0.3, -0.25) is 4.79 Å². The Morgan fingerprint density at radius 2 is 2.37 bits per heavy atom. The third-order valence-corrected chi connectivity index (χ3v) is 2.80. The number of primary amides is 1. The molecule has 104 valence electrons. The topological polar surface area (TPSA) is 84.6 Å². The van der Waals surface area contributed by atoms with E-state index < -0.39 is 17.8 Å². The van der Waals surface area contributed by atoms with Crippen LogP contribution in [0.2, 0.25) is 0 Å². The minimum absolute atomic E-state index is 0.201. The number of halogens is 1. The van der Waals surface area contributed by atoms with E-state index in [1.165, 1.54) is 0 Å². The molecule has 2 N–H and O–H groups in total. The first-order valence-electron chi connectivity index (χ1n) is 5.84. The maximum atomic E-state index is 13.5. The normalized spacial score (nSPS) is 19.3. The monoisotopic (exact) mass is 269 g/mol. The van der Waals surface area contributed by atoms with Gasteiger partial charge in [-0.1, -0.05) is 0 Å². The molecule has 0 spiro atoms. The van der Waals surface area contributed by atoms with Crippen LogP contribution >= 0.6 is 0 Å². The van der Waals surface area contributed by atoms with E-state index in [1.54, 1.807) is 23.9 Å². The zero-order valence-electron chi connectivity index (χ0n) is 10.8. The fraction of sp³-hybridized carbons (Fsp3) is 0.545. The number of amides is 1. The van der Waals surface area contributed by atoms with Crippen molar-refractivity contribution in [2.24, 2.45) is 5.73 Å². The van der Waals surface area contributed by atoms with Crippen LogP contribution in [-0.2, 0) is 9.53 Å². The van der Waals surface area contributed by atoms with Crippen molar-refractivity contribution in [1.82, 2.24) is 9.97 Å². The first kappa shape index (κ1) is 13.5. The van der Waals surface area contributed by atoms with Crippen LogP contribution in [0.25, 0.3) is 0 Å². The van der Waals surface area contributed by atoms with Crippen LogP contribution in [0.15, 0.2) is 6.20 Å². The van der Waals surface area contributed by atoms with Gasteiger partial charge in [-0.25, -0.2) is 9.37 Å². The molecule has 0 radical (unpaired) electrons. The molecule has 1 aliphatic rings. The van der Waals surface area contributed by atoms with Gasteiger partial charge in [0.2, 0.25) is 11.9 Å². The van der Waals surface area contributed by atoms with Crippen LogP contribution in [0.4, 0.5) is 16.2 Å². The van der Waals surface area contributed by atoms with E-state index in [0.717, 1.165) is 6.20 Å². The third-order valence-electron chi connectivity index (χ3n) is 2.80. The summed E-state index contributed by atoms with van der Waals surface area (Å²) in [5, 5.41) is 0. The summed E-state index contributed by atoms with van der Waals surface area (Å²) in [5.74, 6) is -0.458. The minimum atomic E-state index is -0.690. The predicted octanol–water partition coefficient (Wildman–Crippen LogP) is -0.628. The molecule has 0 unspecified atom stereocenters. The molecule has 0 saturated carbocycles. The van der Waals surface area contributed by atoms with Crippen molar-refractivity contribution < 1.29 is 13.9 Å². The van der Waals surface area contributed by atoms with Crippen LogP contribution in [0.3, 0.4) is 0 Å². The summed E-state index contributed by atoms with van der Waals surface area (Å²) in [6.07, 6.45) is 0.428. The molecule has 8 heteroatoms. The van der Waals surface area contributed by atoms with Crippen LogP contribution in [0.5, 0.6) is 0 Å². The van der Waals surface area contributed by atoms with Crippen molar-refractivity contribution in [3.8, 4) is 0 Å². The van der Waals surface area contributed by atoms with E-state index in [2.05, 4.69) is 9.97 Å². The maximum absolute atomic E-state index is 13.5. The van der Waals surface area contributed by atoms with E-state index >= 15 is 0 Å². The van der Waals surface area contributed by atoms with Gasteiger partial charge in [0.25, 0.3) is 0 Å². The molecule has 19 heavy (non-hydrogen) atoms. The van der Waals surface area contributed by atoms with E-state index in [-0.39, 0.29) is 12.4 Å². The number of ether oxygens (including phenoxy) is 1. The lowest BCUT2D eigenvalue weighted by Gasteiger charge is -2.31. The summed E-state index contributed by atoms with van der Waals surface area (Å²) in [6, 6.07) is 0. The van der Waals surface area contributed by atoms with Gasteiger partial charge >= 0.3 is 0 Å². The molecule has 1 aromatic rings. The summed E-state index contributed by atoms with van der Waals surface area (Å²) in [5.41, 5.74) is 5.21. The first-order chi connectivity index (χ1) is 8.99. The van der Waals surface area contributed by atoms with Crippen LogP contribution in [0.1, 0.15) is 0 Å². The molecular weight excluding hydrogens is 253 g/mol. The lowest BCUT2D eigenvalue weighted by atomic mass is 10.2. The molecular formula is C11H16FN5O2.